The number of hydrogen-bond acceptors (Lipinski definition) is 8. The predicted octanol–water partition coefficient (Wildman–Crippen LogP) is 5.27. The molecule has 1 unspecified atom stereocenters. The second-order valence-corrected chi connectivity index (χ2v) is 12.3. The maximum atomic E-state index is 13.9. The van der Waals surface area contributed by atoms with Gasteiger partial charge in [0.25, 0.3) is 5.91 Å². The maximum Gasteiger partial charge on any atom is 0.308 e. The van der Waals surface area contributed by atoms with E-state index in [2.05, 4.69) is 39.1 Å². The highest BCUT2D eigenvalue weighted by Crippen LogP contribution is 2.42. The van der Waals surface area contributed by atoms with Crippen LogP contribution in [0.4, 0.5) is 0 Å². The molecule has 2 aliphatic heterocycles. The summed E-state index contributed by atoms with van der Waals surface area (Å²) in [7, 11) is 2.94. The number of aromatic nitrogens is 2. The van der Waals surface area contributed by atoms with Gasteiger partial charge in [0.05, 0.1) is 25.3 Å². The predicted molar refractivity (Wildman–Crippen MR) is 174 cm³/mol. The van der Waals surface area contributed by atoms with Crippen LogP contribution in [0.15, 0.2) is 66.7 Å². The Hall–Kier alpha value is -4.70. The van der Waals surface area contributed by atoms with Crippen LogP contribution in [-0.2, 0) is 10.2 Å². The van der Waals surface area contributed by atoms with Gasteiger partial charge in [-0.15, -0.1) is 0 Å². The number of fused-ring (bicyclic) bond motifs is 1. The lowest BCUT2D eigenvalue weighted by molar-refractivity contribution is -0.132. The first kappa shape index (κ1) is 31.3. The third-order valence-corrected chi connectivity index (χ3v) is 9.46. The summed E-state index contributed by atoms with van der Waals surface area (Å²) in [5.74, 6) is 0.555. The van der Waals surface area contributed by atoms with Crippen LogP contribution in [0.25, 0.3) is 11.0 Å². The Morgan fingerprint density at radius 2 is 1.65 bits per heavy atom. The molecular weight excluding hydrogens is 584 g/mol. The molecule has 3 heterocycles. The van der Waals surface area contributed by atoms with Gasteiger partial charge in [0.2, 0.25) is 11.5 Å². The van der Waals surface area contributed by atoms with Gasteiger partial charge in [-0.3, -0.25) is 14.4 Å². The molecule has 1 atom stereocenters. The lowest BCUT2D eigenvalue weighted by Gasteiger charge is -2.36. The fourth-order valence-electron chi connectivity index (χ4n) is 6.94. The quantitative estimate of drug-likeness (QED) is 0.144. The average molecular weight is 625 g/mol. The van der Waals surface area contributed by atoms with Crippen LogP contribution in [0.1, 0.15) is 59.1 Å². The number of nitrogens with one attached hydrogen (secondary N) is 1. The normalized spacial score (nSPS) is 18.9. The summed E-state index contributed by atoms with van der Waals surface area (Å²) < 4.78 is 16.2. The summed E-state index contributed by atoms with van der Waals surface area (Å²) in [4.78, 5) is 51.0. The summed E-state index contributed by atoms with van der Waals surface area (Å²) in [6, 6.07) is 21.3. The number of benzene rings is 3. The van der Waals surface area contributed by atoms with Gasteiger partial charge in [-0.2, -0.15) is 0 Å². The van der Waals surface area contributed by atoms with Crippen LogP contribution in [0.3, 0.4) is 0 Å². The number of carbonyl (C=O) groups excluding carboxylic acids is 3. The number of likely N-dealkylation sites (tertiary alicyclic amines) is 2. The summed E-state index contributed by atoms with van der Waals surface area (Å²) in [5, 5.41) is 0. The molecule has 0 aliphatic carbocycles. The fourth-order valence-corrected chi connectivity index (χ4v) is 6.94. The highest BCUT2D eigenvalue weighted by Gasteiger charge is 2.42. The number of Topliss-reactive ketones (excluding diaryl/α,β-unsaturated/α-hetero) is 1. The molecule has 0 saturated carbocycles. The van der Waals surface area contributed by atoms with E-state index in [1.54, 1.807) is 12.1 Å². The number of esters is 1. The van der Waals surface area contributed by atoms with Crippen molar-refractivity contribution in [2.75, 3.05) is 46.9 Å². The number of methoxy groups -OCH3 is 2. The Kier molecular flexibility index (Phi) is 9.08. The molecule has 3 aromatic carbocycles. The van der Waals surface area contributed by atoms with E-state index < -0.39 is 5.97 Å². The smallest absolute Gasteiger partial charge is 0.308 e. The van der Waals surface area contributed by atoms with Crippen LogP contribution in [0.2, 0.25) is 0 Å². The molecule has 0 radical (unpaired) electrons. The zero-order chi connectivity index (χ0) is 32.3. The van der Waals surface area contributed by atoms with Gasteiger partial charge >= 0.3 is 5.97 Å². The minimum absolute atomic E-state index is 0.0437. The lowest BCUT2D eigenvalue weighted by atomic mass is 9.76. The Labute approximate surface area is 268 Å². The van der Waals surface area contributed by atoms with Gasteiger partial charge in [0.15, 0.2) is 17.3 Å². The molecule has 6 rings (SSSR count). The van der Waals surface area contributed by atoms with Crippen molar-refractivity contribution < 1.29 is 28.6 Å². The highest BCUT2D eigenvalue weighted by atomic mass is 16.6. The molecule has 0 spiro atoms. The number of aromatic amines is 1. The number of imidazole rings is 1. The Morgan fingerprint density at radius 1 is 0.935 bits per heavy atom. The van der Waals surface area contributed by atoms with E-state index in [1.807, 2.05) is 35.2 Å². The molecular formula is C36H40N4O6. The van der Waals surface area contributed by atoms with Gasteiger partial charge in [-0.1, -0.05) is 42.5 Å². The van der Waals surface area contributed by atoms with Gasteiger partial charge in [0, 0.05) is 36.9 Å². The molecule has 1 amide bonds. The van der Waals surface area contributed by atoms with Crippen molar-refractivity contribution >= 4 is 28.7 Å². The van der Waals surface area contributed by atoms with Crippen molar-refractivity contribution in [3.05, 3.63) is 83.7 Å². The van der Waals surface area contributed by atoms with Crippen LogP contribution in [-0.4, -0.2) is 84.4 Å². The molecule has 10 nitrogen and oxygen atoms in total. The molecule has 46 heavy (non-hydrogen) atoms. The largest absolute Gasteiger partial charge is 0.493 e. The number of amides is 1. The van der Waals surface area contributed by atoms with Crippen molar-refractivity contribution in [3.8, 4) is 17.2 Å². The summed E-state index contributed by atoms with van der Waals surface area (Å²) in [6.45, 7) is 5.02. The minimum atomic E-state index is -0.517. The van der Waals surface area contributed by atoms with Crippen LogP contribution in [0, 0.1) is 5.92 Å². The maximum absolute atomic E-state index is 13.9. The van der Waals surface area contributed by atoms with E-state index in [4.69, 9.17) is 14.2 Å². The molecule has 2 fully saturated rings. The number of nitrogens with zero attached hydrogens (tertiary/aromatic N) is 3. The lowest BCUT2D eigenvalue weighted by Crippen LogP contribution is -2.41. The van der Waals surface area contributed by atoms with Gasteiger partial charge in [-0.25, -0.2) is 4.98 Å². The third-order valence-electron chi connectivity index (χ3n) is 9.46. The first-order chi connectivity index (χ1) is 22.3. The first-order valence-electron chi connectivity index (χ1n) is 15.8. The van der Waals surface area contributed by atoms with Crippen molar-refractivity contribution in [2.24, 2.45) is 5.92 Å². The molecule has 2 aliphatic rings. The molecule has 2 saturated heterocycles. The van der Waals surface area contributed by atoms with Crippen molar-refractivity contribution in [3.63, 3.8) is 0 Å². The minimum Gasteiger partial charge on any atom is -0.493 e. The van der Waals surface area contributed by atoms with Crippen molar-refractivity contribution in [2.45, 2.75) is 38.0 Å². The number of rotatable bonds is 10. The van der Waals surface area contributed by atoms with Crippen LogP contribution >= 0.6 is 0 Å². The molecule has 0 bridgehead atoms. The van der Waals surface area contributed by atoms with E-state index in [9.17, 15) is 14.4 Å². The third kappa shape index (κ3) is 6.35. The zero-order valence-corrected chi connectivity index (χ0v) is 26.6. The number of ether oxygens (including phenoxy) is 3. The summed E-state index contributed by atoms with van der Waals surface area (Å²) in [6.07, 6.45) is 3.30. The standard InChI is InChI=1S/C36H40N4O6/c1-24(41)46-31-22-26(21-30(44-2)33(31)45-3)35(43)40-20-16-36(23-40,27-9-5-4-6-10-27)15-19-39-17-13-25(14-18-39)32(42)34-37-28-11-7-8-12-29(28)38-34/h4-12,21-22,25H,13-20,23H2,1-3H3,(H,37,38). The van der Waals surface area contributed by atoms with Crippen LogP contribution < -0.4 is 14.2 Å². The first-order valence-corrected chi connectivity index (χ1v) is 15.8. The number of ketones is 1. The van der Waals surface area contributed by atoms with Gasteiger partial charge in [0.1, 0.15) is 0 Å². The van der Waals surface area contributed by atoms with E-state index in [-0.39, 0.29) is 34.5 Å². The highest BCUT2D eigenvalue weighted by molar-refractivity contribution is 5.97. The van der Waals surface area contributed by atoms with E-state index in [0.29, 0.717) is 30.2 Å². The fraction of sp³-hybridized carbons (Fsp3) is 0.389. The number of hydrogen-bond donors (Lipinski definition) is 1. The molecule has 1 aromatic heterocycles. The second-order valence-electron chi connectivity index (χ2n) is 12.3. The van der Waals surface area contributed by atoms with Crippen molar-refractivity contribution in [1.82, 2.24) is 19.8 Å². The summed E-state index contributed by atoms with van der Waals surface area (Å²) >= 11 is 0. The molecule has 1 N–H and O–H groups in total. The van der Waals surface area contributed by atoms with Gasteiger partial charge in [-0.05, 0) is 75.1 Å². The number of piperidine rings is 1. The van der Waals surface area contributed by atoms with E-state index in [0.717, 1.165) is 56.4 Å². The average Bonchev–Trinajstić information content (AvgIpc) is 3.72. The molecule has 10 heteroatoms. The van der Waals surface area contributed by atoms with Crippen molar-refractivity contribution in [1.29, 1.82) is 0 Å². The van der Waals surface area contributed by atoms with E-state index in [1.165, 1.54) is 26.7 Å². The monoisotopic (exact) mass is 624 g/mol. The van der Waals surface area contributed by atoms with E-state index >= 15 is 0 Å². The topological polar surface area (TPSA) is 114 Å². The van der Waals surface area contributed by atoms with Crippen LogP contribution in [0.5, 0.6) is 17.2 Å². The summed E-state index contributed by atoms with van der Waals surface area (Å²) in [5.41, 5.74) is 3.07. The molecule has 4 aromatic rings. The second kappa shape index (κ2) is 13.3. The Bertz CT molecular complexity index is 1700. The molecule has 240 valence electrons. The SMILES string of the molecule is COc1cc(C(=O)N2CCC(CCN3CCC(C(=O)c4nc5ccccc5[nH]4)CC3)(c3ccccc3)C2)cc(OC(C)=O)c1OC. The van der Waals surface area contributed by atoms with Gasteiger partial charge < -0.3 is 29.0 Å². The number of carbonyl (C=O) groups is 3. The Balaban J connectivity index is 1.14. The number of H-pyrrole nitrogens is 1. The zero-order valence-electron chi connectivity index (χ0n) is 26.6. The Morgan fingerprint density at radius 3 is 2.35 bits per heavy atom. The number of para-hydroxylation sites is 2.